The number of amides is 1. The van der Waals surface area contributed by atoms with E-state index in [9.17, 15) is 9.18 Å². The molecule has 0 aliphatic carbocycles. The van der Waals surface area contributed by atoms with E-state index in [0.717, 1.165) is 11.3 Å². The molecule has 0 aliphatic heterocycles. The monoisotopic (exact) mass is 384 g/mol. The molecule has 4 nitrogen and oxygen atoms in total. The lowest BCUT2D eigenvalue weighted by atomic mass is 10.2. The van der Waals surface area contributed by atoms with Crippen LogP contribution in [0, 0.1) is 5.82 Å². The molecule has 3 aromatic rings. The average Bonchev–Trinajstić information content (AvgIpc) is 2.68. The predicted octanol–water partition coefficient (Wildman–Crippen LogP) is 5.11. The van der Waals surface area contributed by atoms with Crippen LogP contribution >= 0.6 is 11.6 Å². The van der Waals surface area contributed by atoms with Gasteiger partial charge in [0.05, 0.1) is 17.3 Å². The summed E-state index contributed by atoms with van der Waals surface area (Å²) in [6.45, 7) is 0.420. The molecule has 0 bridgehead atoms. The molecule has 2 N–H and O–H groups in total. The standard InChI is InChI=1S/C21H18ClFN2O2/c22-19-6-1-2-7-20(19)25-21(26)13-24-17-4-3-5-18(12-17)27-14-15-8-10-16(23)11-9-15/h1-12,24H,13-14H2,(H,25,26). The van der Waals surface area contributed by atoms with E-state index in [1.807, 2.05) is 18.2 Å². The third kappa shape index (κ3) is 5.72. The molecule has 3 rings (SSSR count). The van der Waals surface area contributed by atoms with Gasteiger partial charge in [-0.25, -0.2) is 4.39 Å². The topological polar surface area (TPSA) is 50.4 Å². The first kappa shape index (κ1) is 18.7. The zero-order valence-corrected chi connectivity index (χ0v) is 15.2. The van der Waals surface area contributed by atoms with Gasteiger partial charge in [-0.3, -0.25) is 4.79 Å². The number of benzene rings is 3. The van der Waals surface area contributed by atoms with Crippen LogP contribution in [0.3, 0.4) is 0 Å². The van der Waals surface area contributed by atoms with E-state index < -0.39 is 0 Å². The van der Waals surface area contributed by atoms with Crippen molar-refractivity contribution < 1.29 is 13.9 Å². The molecule has 0 saturated carbocycles. The summed E-state index contributed by atoms with van der Waals surface area (Å²) >= 11 is 6.03. The summed E-state index contributed by atoms with van der Waals surface area (Å²) < 4.78 is 18.6. The summed E-state index contributed by atoms with van der Waals surface area (Å²) in [5.41, 5.74) is 2.19. The molecule has 27 heavy (non-hydrogen) atoms. The summed E-state index contributed by atoms with van der Waals surface area (Å²) in [7, 11) is 0. The number of ether oxygens (including phenoxy) is 1. The minimum atomic E-state index is -0.278. The number of nitrogens with one attached hydrogen (secondary N) is 2. The first-order chi connectivity index (χ1) is 13.1. The Hall–Kier alpha value is -3.05. The Morgan fingerprint density at radius 3 is 2.56 bits per heavy atom. The molecule has 0 unspecified atom stereocenters. The van der Waals surface area contributed by atoms with E-state index >= 15 is 0 Å². The highest BCUT2D eigenvalue weighted by molar-refractivity contribution is 6.33. The fourth-order valence-corrected chi connectivity index (χ4v) is 2.57. The Morgan fingerprint density at radius 1 is 1.00 bits per heavy atom. The molecule has 0 atom stereocenters. The van der Waals surface area contributed by atoms with Crippen LogP contribution in [0.25, 0.3) is 0 Å². The second-order valence-electron chi connectivity index (χ2n) is 5.82. The molecule has 6 heteroatoms. The Balaban J connectivity index is 1.52. The van der Waals surface area contributed by atoms with Gasteiger partial charge in [0.1, 0.15) is 18.2 Å². The maximum Gasteiger partial charge on any atom is 0.243 e. The molecule has 138 valence electrons. The maximum atomic E-state index is 12.9. The zero-order chi connectivity index (χ0) is 19.1. The predicted molar refractivity (Wildman–Crippen MR) is 106 cm³/mol. The van der Waals surface area contributed by atoms with Gasteiger partial charge in [-0.05, 0) is 42.0 Å². The summed E-state index contributed by atoms with van der Waals surface area (Å²) in [4.78, 5) is 12.1. The van der Waals surface area contributed by atoms with Gasteiger partial charge in [0.25, 0.3) is 0 Å². The number of anilines is 2. The van der Waals surface area contributed by atoms with Crippen LogP contribution in [0.15, 0.2) is 72.8 Å². The van der Waals surface area contributed by atoms with Gasteiger partial charge in [0, 0.05) is 11.8 Å². The highest BCUT2D eigenvalue weighted by Gasteiger charge is 2.06. The lowest BCUT2D eigenvalue weighted by molar-refractivity contribution is -0.114. The number of carbonyl (C=O) groups excluding carboxylic acids is 1. The molecule has 0 radical (unpaired) electrons. The zero-order valence-electron chi connectivity index (χ0n) is 14.4. The van der Waals surface area contributed by atoms with Crippen molar-refractivity contribution in [2.24, 2.45) is 0 Å². The fraction of sp³-hybridized carbons (Fsp3) is 0.0952. The first-order valence-corrected chi connectivity index (χ1v) is 8.73. The van der Waals surface area contributed by atoms with Crippen molar-refractivity contribution in [3.8, 4) is 5.75 Å². The number of hydrogen-bond acceptors (Lipinski definition) is 3. The molecule has 0 saturated heterocycles. The van der Waals surface area contributed by atoms with Crippen LogP contribution in [0.2, 0.25) is 5.02 Å². The summed E-state index contributed by atoms with van der Waals surface area (Å²) in [6, 6.07) is 20.5. The number of rotatable bonds is 7. The van der Waals surface area contributed by atoms with Crippen molar-refractivity contribution in [2.75, 3.05) is 17.2 Å². The van der Waals surface area contributed by atoms with Crippen molar-refractivity contribution in [2.45, 2.75) is 6.61 Å². The largest absolute Gasteiger partial charge is 0.489 e. The van der Waals surface area contributed by atoms with E-state index in [1.165, 1.54) is 12.1 Å². The molecular formula is C21H18ClFN2O2. The van der Waals surface area contributed by atoms with Gasteiger partial charge < -0.3 is 15.4 Å². The van der Waals surface area contributed by atoms with E-state index in [4.69, 9.17) is 16.3 Å². The van der Waals surface area contributed by atoms with Gasteiger partial charge in [-0.2, -0.15) is 0 Å². The van der Waals surface area contributed by atoms with E-state index in [-0.39, 0.29) is 18.3 Å². The van der Waals surface area contributed by atoms with Crippen LogP contribution in [-0.2, 0) is 11.4 Å². The van der Waals surface area contributed by atoms with Crippen molar-refractivity contribution in [3.05, 3.63) is 89.2 Å². The molecule has 0 spiro atoms. The molecule has 0 aromatic heterocycles. The minimum absolute atomic E-state index is 0.0899. The lowest BCUT2D eigenvalue weighted by Crippen LogP contribution is -2.21. The van der Waals surface area contributed by atoms with E-state index in [1.54, 1.807) is 42.5 Å². The third-order valence-electron chi connectivity index (χ3n) is 3.75. The number of halogens is 2. The van der Waals surface area contributed by atoms with Gasteiger partial charge in [0.15, 0.2) is 0 Å². The van der Waals surface area contributed by atoms with Crippen molar-refractivity contribution >= 4 is 28.9 Å². The van der Waals surface area contributed by atoms with Gasteiger partial charge >= 0.3 is 0 Å². The van der Waals surface area contributed by atoms with Crippen LogP contribution in [0.4, 0.5) is 15.8 Å². The SMILES string of the molecule is O=C(CNc1cccc(OCc2ccc(F)cc2)c1)Nc1ccccc1Cl. The quantitative estimate of drug-likeness (QED) is 0.595. The second-order valence-corrected chi connectivity index (χ2v) is 6.23. The van der Waals surface area contributed by atoms with Crippen molar-refractivity contribution in [1.82, 2.24) is 0 Å². The fourth-order valence-electron chi connectivity index (χ4n) is 2.38. The molecule has 1 amide bonds. The summed E-state index contributed by atoms with van der Waals surface area (Å²) in [5, 5.41) is 6.28. The molecule has 3 aromatic carbocycles. The van der Waals surface area contributed by atoms with E-state index in [0.29, 0.717) is 23.1 Å². The van der Waals surface area contributed by atoms with Gasteiger partial charge in [0.2, 0.25) is 5.91 Å². The second kappa shape index (κ2) is 9.05. The minimum Gasteiger partial charge on any atom is -0.489 e. The Kier molecular flexibility index (Phi) is 6.28. The smallest absolute Gasteiger partial charge is 0.243 e. The van der Waals surface area contributed by atoms with Crippen molar-refractivity contribution in [3.63, 3.8) is 0 Å². The van der Waals surface area contributed by atoms with Crippen molar-refractivity contribution in [1.29, 1.82) is 0 Å². The third-order valence-corrected chi connectivity index (χ3v) is 4.08. The highest BCUT2D eigenvalue weighted by Crippen LogP contribution is 2.21. The normalized spacial score (nSPS) is 10.3. The Bertz CT molecular complexity index is 916. The molecular weight excluding hydrogens is 367 g/mol. The van der Waals surface area contributed by atoms with Crippen LogP contribution in [0.5, 0.6) is 5.75 Å². The average molecular weight is 385 g/mol. The molecule has 0 fully saturated rings. The first-order valence-electron chi connectivity index (χ1n) is 8.36. The maximum absolute atomic E-state index is 12.9. The van der Waals surface area contributed by atoms with Gasteiger partial charge in [-0.15, -0.1) is 0 Å². The summed E-state index contributed by atoms with van der Waals surface area (Å²) in [5.74, 6) is 0.164. The number of para-hydroxylation sites is 1. The Labute approximate surface area is 161 Å². The molecule has 0 heterocycles. The number of hydrogen-bond donors (Lipinski definition) is 2. The Morgan fingerprint density at radius 2 is 1.78 bits per heavy atom. The summed E-state index contributed by atoms with van der Waals surface area (Å²) in [6.07, 6.45) is 0. The van der Waals surface area contributed by atoms with Gasteiger partial charge in [-0.1, -0.05) is 41.9 Å². The van der Waals surface area contributed by atoms with E-state index in [2.05, 4.69) is 10.6 Å². The highest BCUT2D eigenvalue weighted by atomic mass is 35.5. The lowest BCUT2D eigenvalue weighted by Gasteiger charge is -2.11. The van der Waals surface area contributed by atoms with Crippen LogP contribution < -0.4 is 15.4 Å². The van der Waals surface area contributed by atoms with Crippen LogP contribution in [-0.4, -0.2) is 12.5 Å². The van der Waals surface area contributed by atoms with Crippen LogP contribution in [0.1, 0.15) is 5.56 Å². The number of carbonyl (C=O) groups is 1. The molecule has 0 aliphatic rings.